The van der Waals surface area contributed by atoms with Crippen LogP contribution in [-0.4, -0.2) is 37.2 Å². The first-order chi connectivity index (χ1) is 36.0. The Bertz CT molecular complexity index is 1490. The van der Waals surface area contributed by atoms with Crippen LogP contribution in [0.2, 0.25) is 0 Å². The van der Waals surface area contributed by atoms with E-state index in [0.717, 1.165) is 96.3 Å². The Hall–Kier alpha value is -3.93. The van der Waals surface area contributed by atoms with Crippen molar-refractivity contribution < 1.29 is 28.6 Å². The first-order valence-electron chi connectivity index (χ1n) is 30.4. The maximum atomic E-state index is 12.8. The largest absolute Gasteiger partial charge is 0.462 e. The van der Waals surface area contributed by atoms with Gasteiger partial charge in [-0.15, -0.1) is 0 Å². The lowest BCUT2D eigenvalue weighted by Gasteiger charge is -2.18. The zero-order valence-electron chi connectivity index (χ0n) is 47.6. The van der Waals surface area contributed by atoms with Gasteiger partial charge in [-0.05, 0) is 83.5 Å². The van der Waals surface area contributed by atoms with E-state index in [9.17, 15) is 14.4 Å². The molecular weight excluding hydrogens is 901 g/mol. The lowest BCUT2D eigenvalue weighted by atomic mass is 10.0. The Balaban J connectivity index is 4.38. The number of ether oxygens (including phenoxy) is 3. The molecular formula is C67H112O6. The van der Waals surface area contributed by atoms with E-state index in [1.54, 1.807) is 6.08 Å². The van der Waals surface area contributed by atoms with Crippen molar-refractivity contribution in [2.45, 2.75) is 284 Å². The minimum atomic E-state index is -0.833. The topological polar surface area (TPSA) is 78.9 Å². The molecule has 0 aliphatic heterocycles. The fourth-order valence-corrected chi connectivity index (χ4v) is 8.33. The van der Waals surface area contributed by atoms with Crippen LogP contribution >= 0.6 is 0 Å². The minimum absolute atomic E-state index is 0.0960. The average molecular weight is 1010 g/mol. The molecule has 73 heavy (non-hydrogen) atoms. The molecule has 416 valence electrons. The normalized spacial score (nSPS) is 12.9. The molecule has 0 N–H and O–H groups in total. The lowest BCUT2D eigenvalue weighted by molar-refractivity contribution is -0.166. The second kappa shape index (κ2) is 60.6. The summed E-state index contributed by atoms with van der Waals surface area (Å²) < 4.78 is 16.8. The zero-order valence-corrected chi connectivity index (χ0v) is 47.6. The van der Waals surface area contributed by atoms with Crippen molar-refractivity contribution in [3.8, 4) is 0 Å². The first kappa shape index (κ1) is 69.1. The Morgan fingerprint density at radius 3 is 0.904 bits per heavy atom. The van der Waals surface area contributed by atoms with Gasteiger partial charge in [0.25, 0.3) is 0 Å². The van der Waals surface area contributed by atoms with Crippen molar-refractivity contribution in [3.63, 3.8) is 0 Å². The van der Waals surface area contributed by atoms with Crippen molar-refractivity contribution in [3.05, 3.63) is 109 Å². The van der Waals surface area contributed by atoms with Gasteiger partial charge < -0.3 is 14.2 Å². The number of carbonyl (C=O) groups excluding carboxylic acids is 3. The van der Waals surface area contributed by atoms with Gasteiger partial charge in [-0.1, -0.05) is 284 Å². The highest BCUT2D eigenvalue weighted by atomic mass is 16.6. The van der Waals surface area contributed by atoms with E-state index in [1.807, 2.05) is 6.08 Å². The minimum Gasteiger partial charge on any atom is -0.462 e. The zero-order chi connectivity index (χ0) is 52.9. The quantitative estimate of drug-likeness (QED) is 0.0261. The van der Waals surface area contributed by atoms with E-state index in [1.165, 1.54) is 141 Å². The number of carbonyl (C=O) groups is 3. The van der Waals surface area contributed by atoms with Crippen LogP contribution < -0.4 is 0 Å². The fraction of sp³-hybridized carbons (Fsp3) is 0.687. The summed E-state index contributed by atoms with van der Waals surface area (Å²) in [6, 6.07) is 0. The SMILES string of the molecule is CC/C=C\C/C=C\C/C=C\C/C=C\C/C=C\CC(=O)OC(COC(=O)CCCCCCCCCCCCCC/C=C\C/C=C\C/C=C\C/C=C\CC)COC(=O)CCCCCCCCCCCCCCCCC. The third-order valence-electron chi connectivity index (χ3n) is 12.8. The number of allylic oxidation sites excluding steroid dienone is 17. The summed E-state index contributed by atoms with van der Waals surface area (Å²) in [4.78, 5) is 38.2. The molecule has 0 aromatic carbocycles. The predicted molar refractivity (Wildman–Crippen MR) is 316 cm³/mol. The molecule has 0 aliphatic carbocycles. The van der Waals surface area contributed by atoms with Crippen molar-refractivity contribution in [1.82, 2.24) is 0 Å². The van der Waals surface area contributed by atoms with E-state index in [4.69, 9.17) is 14.2 Å². The first-order valence-corrected chi connectivity index (χ1v) is 30.4. The van der Waals surface area contributed by atoms with E-state index >= 15 is 0 Å². The molecule has 0 heterocycles. The van der Waals surface area contributed by atoms with Crippen molar-refractivity contribution in [2.75, 3.05) is 13.2 Å². The van der Waals surface area contributed by atoms with Crippen LogP contribution in [0.25, 0.3) is 0 Å². The molecule has 0 rings (SSSR count). The molecule has 0 spiro atoms. The Kier molecular flexibility index (Phi) is 57.4. The standard InChI is InChI=1S/C67H112O6/c1-4-7-10-13-16-19-22-25-28-29-30-31-32-33-34-35-36-37-40-42-45-48-51-54-57-60-66(69)72-63-64(73-67(70)61-58-55-52-49-46-43-39-27-24-21-18-15-12-9-6-3)62-71-65(68)59-56-53-50-47-44-41-38-26-23-20-17-14-11-8-5-2/h7,9-10,12,16,18-19,21,25,27-28,30-31,39,46,49,55,58,64H,4-6,8,11,13-15,17,20,22-24,26,29,32-38,40-45,47-48,50-54,56-57,59-63H2,1-3H3/b10-7-,12-9-,19-16-,21-18-,28-25-,31-30-,39-27-,49-46-,58-55-. The smallest absolute Gasteiger partial charge is 0.310 e. The summed E-state index contributed by atoms with van der Waals surface area (Å²) in [5.74, 6) is -1.04. The third kappa shape index (κ3) is 58.8. The van der Waals surface area contributed by atoms with Gasteiger partial charge in [0.15, 0.2) is 6.10 Å². The molecule has 0 saturated carbocycles. The second-order valence-corrected chi connectivity index (χ2v) is 19.9. The summed E-state index contributed by atoms with van der Waals surface area (Å²) in [5.41, 5.74) is 0. The molecule has 1 atom stereocenters. The van der Waals surface area contributed by atoms with Gasteiger partial charge >= 0.3 is 17.9 Å². The molecule has 1 unspecified atom stereocenters. The van der Waals surface area contributed by atoms with E-state index in [2.05, 4.69) is 118 Å². The summed E-state index contributed by atoms with van der Waals surface area (Å²) in [6.07, 6.45) is 82.6. The number of hydrogen-bond donors (Lipinski definition) is 0. The highest BCUT2D eigenvalue weighted by Crippen LogP contribution is 2.16. The highest BCUT2D eigenvalue weighted by Gasteiger charge is 2.19. The summed E-state index contributed by atoms with van der Waals surface area (Å²) in [5, 5.41) is 0. The maximum absolute atomic E-state index is 12.8. The van der Waals surface area contributed by atoms with E-state index in [-0.39, 0.29) is 31.6 Å². The van der Waals surface area contributed by atoms with Crippen LogP contribution in [0.3, 0.4) is 0 Å². The van der Waals surface area contributed by atoms with Gasteiger partial charge in [-0.25, -0.2) is 0 Å². The monoisotopic (exact) mass is 1010 g/mol. The molecule has 0 fully saturated rings. The van der Waals surface area contributed by atoms with Gasteiger partial charge in [-0.3, -0.25) is 14.4 Å². The molecule has 0 bridgehead atoms. The molecule has 0 amide bonds. The van der Waals surface area contributed by atoms with Crippen LogP contribution in [0, 0.1) is 0 Å². The highest BCUT2D eigenvalue weighted by molar-refractivity contribution is 5.72. The predicted octanol–water partition coefficient (Wildman–Crippen LogP) is 20.7. The summed E-state index contributed by atoms with van der Waals surface area (Å²) >= 11 is 0. The molecule has 0 aromatic heterocycles. The van der Waals surface area contributed by atoms with Crippen molar-refractivity contribution in [1.29, 1.82) is 0 Å². The number of rotatable bonds is 54. The lowest BCUT2D eigenvalue weighted by Crippen LogP contribution is -2.30. The average Bonchev–Trinajstić information content (AvgIpc) is 3.39. The molecule has 6 nitrogen and oxygen atoms in total. The van der Waals surface area contributed by atoms with Crippen LogP contribution in [0.5, 0.6) is 0 Å². The Morgan fingerprint density at radius 1 is 0.301 bits per heavy atom. The summed E-state index contributed by atoms with van der Waals surface area (Å²) in [7, 11) is 0. The van der Waals surface area contributed by atoms with E-state index < -0.39 is 12.1 Å². The van der Waals surface area contributed by atoms with Crippen LogP contribution in [0.15, 0.2) is 109 Å². The Labute approximate surface area is 450 Å². The molecule has 6 heteroatoms. The van der Waals surface area contributed by atoms with Crippen LogP contribution in [0.1, 0.15) is 278 Å². The van der Waals surface area contributed by atoms with Crippen LogP contribution in [-0.2, 0) is 28.6 Å². The molecule has 0 saturated heterocycles. The van der Waals surface area contributed by atoms with E-state index in [0.29, 0.717) is 12.8 Å². The number of unbranched alkanes of at least 4 members (excludes halogenated alkanes) is 26. The fourth-order valence-electron chi connectivity index (χ4n) is 8.33. The van der Waals surface area contributed by atoms with Crippen molar-refractivity contribution >= 4 is 17.9 Å². The molecule has 0 aliphatic rings. The number of esters is 3. The van der Waals surface area contributed by atoms with Gasteiger partial charge in [0.2, 0.25) is 0 Å². The van der Waals surface area contributed by atoms with Gasteiger partial charge in [-0.2, -0.15) is 0 Å². The summed E-state index contributed by atoms with van der Waals surface area (Å²) in [6.45, 7) is 6.35. The molecule has 0 radical (unpaired) electrons. The molecule has 0 aromatic rings. The van der Waals surface area contributed by atoms with Gasteiger partial charge in [0.05, 0.1) is 6.42 Å². The van der Waals surface area contributed by atoms with Gasteiger partial charge in [0.1, 0.15) is 13.2 Å². The van der Waals surface area contributed by atoms with Crippen LogP contribution in [0.4, 0.5) is 0 Å². The number of hydrogen-bond acceptors (Lipinski definition) is 6. The van der Waals surface area contributed by atoms with Gasteiger partial charge in [0, 0.05) is 12.8 Å². The maximum Gasteiger partial charge on any atom is 0.310 e. The second-order valence-electron chi connectivity index (χ2n) is 19.9. The third-order valence-corrected chi connectivity index (χ3v) is 12.8. The van der Waals surface area contributed by atoms with Crippen molar-refractivity contribution in [2.24, 2.45) is 0 Å². The Morgan fingerprint density at radius 2 is 0.575 bits per heavy atom.